The van der Waals surface area contributed by atoms with Gasteiger partial charge >= 0.3 is 5.97 Å². The fourth-order valence-electron chi connectivity index (χ4n) is 5.43. The summed E-state index contributed by atoms with van der Waals surface area (Å²) in [5.41, 5.74) is 4.96. The number of imidazole rings is 1. The van der Waals surface area contributed by atoms with Crippen LogP contribution in [0.4, 0.5) is 5.82 Å². The van der Waals surface area contributed by atoms with E-state index in [-0.39, 0.29) is 12.3 Å². The predicted molar refractivity (Wildman–Crippen MR) is 148 cm³/mol. The fraction of sp³-hybridized carbons (Fsp3) is 0.323. The highest BCUT2D eigenvalue weighted by Crippen LogP contribution is 2.37. The summed E-state index contributed by atoms with van der Waals surface area (Å²) >= 11 is 0. The van der Waals surface area contributed by atoms with E-state index in [1.165, 1.54) is 24.8 Å². The quantitative estimate of drug-likeness (QED) is 0.247. The molecule has 1 aliphatic carbocycles. The predicted octanol–water partition coefficient (Wildman–Crippen LogP) is 6.25. The lowest BCUT2D eigenvalue weighted by Gasteiger charge is -2.21. The molecule has 0 spiro atoms. The van der Waals surface area contributed by atoms with E-state index in [9.17, 15) is 14.7 Å². The van der Waals surface area contributed by atoms with Gasteiger partial charge < -0.3 is 15.7 Å². The number of anilines is 1. The summed E-state index contributed by atoms with van der Waals surface area (Å²) in [7, 11) is 0. The monoisotopic (exact) mass is 510 g/mol. The number of aromatic nitrogens is 2. The SMILES string of the molecule is Cc1cccc(C(CC(=O)O)NC(=O)c2cccn3c(NCc4ccccc4)c(C4CCCCC4)nc23)c1. The molecule has 1 amide bonds. The van der Waals surface area contributed by atoms with Gasteiger partial charge in [0, 0.05) is 18.7 Å². The zero-order valence-corrected chi connectivity index (χ0v) is 21.7. The third kappa shape index (κ3) is 5.72. The van der Waals surface area contributed by atoms with Crippen LogP contribution < -0.4 is 10.6 Å². The maximum Gasteiger partial charge on any atom is 0.305 e. The zero-order valence-electron chi connectivity index (χ0n) is 21.7. The number of fused-ring (bicyclic) bond motifs is 1. The van der Waals surface area contributed by atoms with Gasteiger partial charge in [0.1, 0.15) is 5.82 Å². The van der Waals surface area contributed by atoms with Crippen LogP contribution >= 0.6 is 0 Å². The number of amides is 1. The molecule has 3 N–H and O–H groups in total. The van der Waals surface area contributed by atoms with Gasteiger partial charge in [0.25, 0.3) is 5.91 Å². The number of carbonyl (C=O) groups excluding carboxylic acids is 1. The van der Waals surface area contributed by atoms with E-state index >= 15 is 0 Å². The Hall–Kier alpha value is -4.13. The van der Waals surface area contributed by atoms with E-state index < -0.39 is 12.0 Å². The molecule has 0 aliphatic heterocycles. The lowest BCUT2D eigenvalue weighted by Crippen LogP contribution is -2.30. The van der Waals surface area contributed by atoms with Crippen LogP contribution in [0.25, 0.3) is 5.65 Å². The van der Waals surface area contributed by atoms with Crippen molar-refractivity contribution in [3.63, 3.8) is 0 Å². The number of nitrogens with one attached hydrogen (secondary N) is 2. The standard InChI is InChI=1S/C31H34N4O3/c1-21-10-8-15-24(18-21)26(19-27(36)37)33-31(38)25-16-9-17-35-29(25)34-28(23-13-6-3-7-14-23)30(35)32-20-22-11-4-2-5-12-22/h2,4-5,8-12,15-18,23,26,32H,3,6-7,13-14,19-20H2,1H3,(H,33,38)(H,36,37). The first kappa shape index (κ1) is 25.5. The Kier molecular flexibility index (Phi) is 7.73. The normalized spacial score (nSPS) is 14.8. The minimum absolute atomic E-state index is 0.204. The second kappa shape index (κ2) is 11.5. The molecular weight excluding hydrogens is 476 g/mol. The van der Waals surface area contributed by atoms with Gasteiger partial charge in [0.05, 0.1) is 23.7 Å². The van der Waals surface area contributed by atoms with Crippen LogP contribution in [0.3, 0.4) is 0 Å². The second-order valence-electron chi connectivity index (χ2n) is 10.2. The number of carboxylic acid groups (broad SMARTS) is 1. The van der Waals surface area contributed by atoms with Crippen LogP contribution in [0, 0.1) is 6.92 Å². The highest BCUT2D eigenvalue weighted by atomic mass is 16.4. The molecule has 1 unspecified atom stereocenters. The Morgan fingerprint density at radius 2 is 1.82 bits per heavy atom. The van der Waals surface area contributed by atoms with Crippen molar-refractivity contribution >= 4 is 23.3 Å². The third-order valence-corrected chi connectivity index (χ3v) is 7.34. The average Bonchev–Trinajstić information content (AvgIpc) is 3.31. The number of aryl methyl sites for hydroxylation is 1. The number of carbonyl (C=O) groups is 2. The maximum atomic E-state index is 13.6. The van der Waals surface area contributed by atoms with Crippen molar-refractivity contribution in [1.29, 1.82) is 0 Å². The van der Waals surface area contributed by atoms with Gasteiger partial charge in [-0.05, 0) is 43.0 Å². The van der Waals surface area contributed by atoms with Gasteiger partial charge in [0.2, 0.25) is 0 Å². The average molecular weight is 511 g/mol. The van der Waals surface area contributed by atoms with Gasteiger partial charge in [-0.2, -0.15) is 0 Å². The van der Waals surface area contributed by atoms with Crippen LogP contribution in [0.1, 0.15) is 83.2 Å². The topological polar surface area (TPSA) is 95.7 Å². The minimum atomic E-state index is -0.970. The molecule has 1 fully saturated rings. The Morgan fingerprint density at radius 3 is 2.55 bits per heavy atom. The van der Waals surface area contributed by atoms with Crippen molar-refractivity contribution in [1.82, 2.24) is 14.7 Å². The third-order valence-electron chi connectivity index (χ3n) is 7.34. The first-order chi connectivity index (χ1) is 18.5. The summed E-state index contributed by atoms with van der Waals surface area (Å²) in [5, 5.41) is 16.1. The highest BCUT2D eigenvalue weighted by Gasteiger charge is 2.26. The van der Waals surface area contributed by atoms with Crippen LogP contribution in [0.2, 0.25) is 0 Å². The summed E-state index contributed by atoms with van der Waals surface area (Å²) in [4.78, 5) is 30.3. The van der Waals surface area contributed by atoms with Crippen molar-refractivity contribution < 1.29 is 14.7 Å². The number of hydrogen-bond acceptors (Lipinski definition) is 4. The summed E-state index contributed by atoms with van der Waals surface area (Å²) in [6, 6.07) is 20.8. The Labute approximate surface area is 222 Å². The number of rotatable bonds is 9. The van der Waals surface area contributed by atoms with Crippen molar-refractivity contribution in [2.45, 2.75) is 64.0 Å². The Bertz CT molecular complexity index is 1420. The lowest BCUT2D eigenvalue weighted by atomic mass is 9.87. The molecule has 2 aromatic carbocycles. The molecule has 38 heavy (non-hydrogen) atoms. The van der Waals surface area contributed by atoms with Crippen molar-refractivity contribution in [2.24, 2.45) is 0 Å². The molecule has 0 saturated heterocycles. The van der Waals surface area contributed by atoms with Crippen LogP contribution in [-0.2, 0) is 11.3 Å². The Morgan fingerprint density at radius 1 is 1.03 bits per heavy atom. The number of carboxylic acids is 1. The van der Waals surface area contributed by atoms with E-state index in [2.05, 4.69) is 22.8 Å². The molecule has 7 nitrogen and oxygen atoms in total. The molecule has 0 bridgehead atoms. The number of nitrogens with zero attached hydrogens (tertiary/aromatic N) is 2. The summed E-state index contributed by atoms with van der Waals surface area (Å²) in [6.07, 6.45) is 7.50. The molecule has 2 aromatic heterocycles. The van der Waals surface area contributed by atoms with E-state index in [0.29, 0.717) is 23.7 Å². The van der Waals surface area contributed by atoms with E-state index in [4.69, 9.17) is 4.98 Å². The molecule has 7 heteroatoms. The van der Waals surface area contributed by atoms with Gasteiger partial charge in [-0.3, -0.25) is 14.0 Å². The summed E-state index contributed by atoms with van der Waals surface area (Å²) < 4.78 is 1.97. The van der Waals surface area contributed by atoms with Gasteiger partial charge in [-0.1, -0.05) is 79.4 Å². The smallest absolute Gasteiger partial charge is 0.305 e. The van der Waals surface area contributed by atoms with Crippen LogP contribution in [0.15, 0.2) is 72.9 Å². The maximum absolute atomic E-state index is 13.6. The molecule has 1 atom stereocenters. The second-order valence-corrected chi connectivity index (χ2v) is 10.2. The summed E-state index contributed by atoms with van der Waals surface area (Å²) in [6.45, 7) is 2.60. The van der Waals surface area contributed by atoms with Crippen LogP contribution in [-0.4, -0.2) is 26.4 Å². The van der Waals surface area contributed by atoms with Gasteiger partial charge in [-0.15, -0.1) is 0 Å². The van der Waals surface area contributed by atoms with E-state index in [0.717, 1.165) is 35.5 Å². The lowest BCUT2D eigenvalue weighted by molar-refractivity contribution is -0.137. The number of benzene rings is 2. The molecule has 4 aromatic rings. The molecule has 196 valence electrons. The van der Waals surface area contributed by atoms with E-state index in [1.54, 1.807) is 6.07 Å². The Balaban J connectivity index is 1.50. The van der Waals surface area contributed by atoms with Crippen LogP contribution in [0.5, 0.6) is 0 Å². The largest absolute Gasteiger partial charge is 0.481 e. The van der Waals surface area contributed by atoms with Crippen molar-refractivity contribution in [3.8, 4) is 0 Å². The molecule has 1 saturated carbocycles. The first-order valence-electron chi connectivity index (χ1n) is 13.4. The number of hydrogen-bond donors (Lipinski definition) is 3. The molecular formula is C31H34N4O3. The molecule has 1 aliphatic rings. The number of aliphatic carboxylic acids is 1. The summed E-state index contributed by atoms with van der Waals surface area (Å²) in [5.74, 6) is -0.0444. The fourth-order valence-corrected chi connectivity index (χ4v) is 5.43. The minimum Gasteiger partial charge on any atom is -0.481 e. The van der Waals surface area contributed by atoms with Gasteiger partial charge in [0.15, 0.2) is 5.65 Å². The molecule has 2 heterocycles. The van der Waals surface area contributed by atoms with Gasteiger partial charge in [-0.25, -0.2) is 4.98 Å². The van der Waals surface area contributed by atoms with Crippen molar-refractivity contribution in [3.05, 3.63) is 101 Å². The molecule has 0 radical (unpaired) electrons. The zero-order chi connectivity index (χ0) is 26.5. The highest BCUT2D eigenvalue weighted by molar-refractivity contribution is 6.00. The number of pyridine rings is 1. The van der Waals surface area contributed by atoms with Crippen molar-refractivity contribution in [2.75, 3.05) is 5.32 Å². The van der Waals surface area contributed by atoms with E-state index in [1.807, 2.05) is 66.1 Å². The molecule has 5 rings (SSSR count). The first-order valence-corrected chi connectivity index (χ1v) is 13.4.